The first-order chi connectivity index (χ1) is 18.6. The lowest BCUT2D eigenvalue weighted by atomic mass is 9.85. The largest absolute Gasteiger partial charge is 0.453 e. The molecule has 2 aromatic carbocycles. The van der Waals surface area contributed by atoms with Crippen LogP contribution in [0.1, 0.15) is 16.8 Å². The fourth-order valence-corrected chi connectivity index (χ4v) is 4.26. The number of benzene rings is 2. The molecule has 0 fully saturated rings. The quantitative estimate of drug-likeness (QED) is 0.289. The number of aliphatic imine (C=N–C) groups is 1. The summed E-state index contributed by atoms with van der Waals surface area (Å²) in [7, 11) is 1.47. The number of carbonyl (C=O) groups excluding carboxylic acids is 1. The first-order valence-corrected chi connectivity index (χ1v) is 12.1. The molecule has 1 amide bonds. The van der Waals surface area contributed by atoms with Crippen molar-refractivity contribution in [2.75, 3.05) is 20.3 Å². The SMILES string of the molecule is COCC(=O)NCC#Cc1ccc2ncnc(C3(c4ccccc4)C=C(Oc4cccnc4Cl)C=N3)c2c1. The van der Waals surface area contributed by atoms with Gasteiger partial charge in [0.1, 0.15) is 18.7 Å². The molecule has 3 heterocycles. The van der Waals surface area contributed by atoms with Crippen molar-refractivity contribution < 1.29 is 14.3 Å². The van der Waals surface area contributed by atoms with Crippen molar-refractivity contribution in [3.8, 4) is 17.6 Å². The highest BCUT2D eigenvalue weighted by molar-refractivity contribution is 6.30. The summed E-state index contributed by atoms with van der Waals surface area (Å²) in [5.74, 6) is 6.77. The summed E-state index contributed by atoms with van der Waals surface area (Å²) in [6.07, 6.45) is 6.70. The normalized spacial score (nSPS) is 16.0. The number of methoxy groups -OCH3 is 1. The van der Waals surface area contributed by atoms with Crippen LogP contribution in [0.2, 0.25) is 5.15 Å². The van der Waals surface area contributed by atoms with Crippen molar-refractivity contribution in [2.45, 2.75) is 5.54 Å². The first kappa shape index (κ1) is 25.1. The highest BCUT2D eigenvalue weighted by Crippen LogP contribution is 2.41. The molecule has 38 heavy (non-hydrogen) atoms. The number of ether oxygens (including phenoxy) is 2. The van der Waals surface area contributed by atoms with Gasteiger partial charge in [-0.15, -0.1) is 0 Å². The number of amides is 1. The van der Waals surface area contributed by atoms with E-state index in [1.807, 2.05) is 54.6 Å². The van der Waals surface area contributed by atoms with Gasteiger partial charge in [-0.1, -0.05) is 53.8 Å². The molecule has 0 aliphatic carbocycles. The van der Waals surface area contributed by atoms with E-state index in [4.69, 9.17) is 31.1 Å². The maximum Gasteiger partial charge on any atom is 0.246 e. The number of hydrogen-bond donors (Lipinski definition) is 1. The van der Waals surface area contributed by atoms with Crippen LogP contribution in [0.5, 0.6) is 5.75 Å². The molecule has 0 bridgehead atoms. The fraction of sp³-hybridized carbons (Fsp3) is 0.138. The van der Waals surface area contributed by atoms with Gasteiger partial charge >= 0.3 is 0 Å². The van der Waals surface area contributed by atoms with Gasteiger partial charge in [0.2, 0.25) is 5.91 Å². The molecule has 1 atom stereocenters. The van der Waals surface area contributed by atoms with Crippen LogP contribution >= 0.6 is 11.6 Å². The van der Waals surface area contributed by atoms with Crippen molar-refractivity contribution in [1.29, 1.82) is 0 Å². The second-order valence-electron chi connectivity index (χ2n) is 8.30. The Morgan fingerprint density at radius 2 is 1.95 bits per heavy atom. The minimum absolute atomic E-state index is 0.00729. The zero-order chi connectivity index (χ0) is 26.4. The average Bonchev–Trinajstić information content (AvgIpc) is 3.37. The third-order valence-electron chi connectivity index (χ3n) is 5.79. The monoisotopic (exact) mass is 523 g/mol. The number of carbonyl (C=O) groups is 1. The van der Waals surface area contributed by atoms with E-state index < -0.39 is 5.54 Å². The Hall–Kier alpha value is -4.58. The molecule has 1 N–H and O–H groups in total. The summed E-state index contributed by atoms with van der Waals surface area (Å²) < 4.78 is 10.9. The molecule has 1 aliphatic rings. The lowest BCUT2D eigenvalue weighted by molar-refractivity contribution is -0.124. The standard InChI is InChI=1S/C29H22ClN5O3/c1-37-18-26(36)31-13-5-7-20-11-12-24-23(15-20)27(34-19-33-24)29(21-8-3-2-4-9-21)16-22(17-35-29)38-25-10-6-14-32-28(25)30/h2-4,6,8-12,14-17,19H,13,18H2,1H3,(H,31,36). The molecule has 5 rings (SSSR count). The zero-order valence-electron chi connectivity index (χ0n) is 20.4. The van der Waals surface area contributed by atoms with Crippen molar-refractivity contribution in [3.63, 3.8) is 0 Å². The Labute approximate surface area is 224 Å². The van der Waals surface area contributed by atoms with E-state index in [1.54, 1.807) is 24.5 Å². The predicted octanol–water partition coefficient (Wildman–Crippen LogP) is 4.08. The number of rotatable bonds is 7. The Kier molecular flexibility index (Phi) is 7.40. The van der Waals surface area contributed by atoms with E-state index in [2.05, 4.69) is 27.1 Å². The number of pyridine rings is 1. The number of allylic oxidation sites excluding steroid dienone is 1. The molecule has 188 valence electrons. The van der Waals surface area contributed by atoms with Crippen LogP contribution in [0.3, 0.4) is 0 Å². The Balaban J connectivity index is 1.56. The summed E-state index contributed by atoms with van der Waals surface area (Å²) in [6.45, 7) is 0.198. The maximum absolute atomic E-state index is 11.6. The first-order valence-electron chi connectivity index (χ1n) is 11.7. The predicted molar refractivity (Wildman–Crippen MR) is 145 cm³/mol. The maximum atomic E-state index is 11.6. The van der Waals surface area contributed by atoms with Crippen LogP contribution < -0.4 is 10.1 Å². The Morgan fingerprint density at radius 3 is 2.76 bits per heavy atom. The molecule has 4 aromatic rings. The third-order valence-corrected chi connectivity index (χ3v) is 6.08. The average molecular weight is 524 g/mol. The molecule has 0 saturated heterocycles. The topological polar surface area (TPSA) is 98.6 Å². The minimum Gasteiger partial charge on any atom is -0.453 e. The van der Waals surface area contributed by atoms with Gasteiger partial charge in [-0.2, -0.15) is 0 Å². The molecule has 8 nitrogen and oxygen atoms in total. The van der Waals surface area contributed by atoms with Gasteiger partial charge in [-0.25, -0.2) is 15.0 Å². The fourth-order valence-electron chi connectivity index (χ4n) is 4.10. The Bertz CT molecular complexity index is 1610. The van der Waals surface area contributed by atoms with E-state index in [1.165, 1.54) is 13.4 Å². The second-order valence-corrected chi connectivity index (χ2v) is 8.66. The van der Waals surface area contributed by atoms with E-state index in [0.717, 1.165) is 22.0 Å². The summed E-state index contributed by atoms with van der Waals surface area (Å²) in [6, 6.07) is 19.0. The number of hydrogen-bond acceptors (Lipinski definition) is 7. The number of halogens is 1. The van der Waals surface area contributed by atoms with Gasteiger partial charge < -0.3 is 14.8 Å². The van der Waals surface area contributed by atoms with Crippen LogP contribution in [-0.4, -0.2) is 47.3 Å². The minimum atomic E-state index is -0.966. The Morgan fingerprint density at radius 1 is 1.08 bits per heavy atom. The van der Waals surface area contributed by atoms with Crippen molar-refractivity contribution in [3.05, 3.63) is 107 Å². The second kappa shape index (κ2) is 11.2. The van der Waals surface area contributed by atoms with Gasteiger partial charge in [0.15, 0.2) is 16.4 Å². The van der Waals surface area contributed by atoms with Gasteiger partial charge in [0.05, 0.1) is 24.0 Å². The third kappa shape index (κ3) is 5.25. The highest BCUT2D eigenvalue weighted by Gasteiger charge is 2.38. The summed E-state index contributed by atoms with van der Waals surface area (Å²) >= 11 is 6.22. The van der Waals surface area contributed by atoms with Gasteiger partial charge in [0.25, 0.3) is 0 Å². The lowest BCUT2D eigenvalue weighted by Gasteiger charge is -2.25. The molecule has 1 unspecified atom stereocenters. The molecular formula is C29H22ClN5O3. The van der Waals surface area contributed by atoms with Crippen molar-refractivity contribution in [2.24, 2.45) is 4.99 Å². The number of nitrogens with zero attached hydrogens (tertiary/aromatic N) is 4. The van der Waals surface area contributed by atoms with Crippen LogP contribution in [0.25, 0.3) is 10.9 Å². The van der Waals surface area contributed by atoms with Gasteiger partial charge in [0, 0.05) is 24.3 Å². The van der Waals surface area contributed by atoms with Crippen molar-refractivity contribution in [1.82, 2.24) is 20.3 Å². The van der Waals surface area contributed by atoms with E-state index in [-0.39, 0.29) is 24.2 Å². The molecular weight excluding hydrogens is 502 g/mol. The van der Waals surface area contributed by atoms with Crippen LogP contribution in [-0.2, 0) is 15.1 Å². The molecule has 0 saturated carbocycles. The number of nitrogens with one attached hydrogen (secondary N) is 1. The molecule has 0 spiro atoms. The number of fused-ring (bicyclic) bond motifs is 1. The van der Waals surface area contributed by atoms with E-state index in [0.29, 0.717) is 17.2 Å². The van der Waals surface area contributed by atoms with Crippen molar-refractivity contribution >= 4 is 34.6 Å². The van der Waals surface area contributed by atoms with E-state index >= 15 is 0 Å². The lowest BCUT2D eigenvalue weighted by Crippen LogP contribution is -2.27. The molecule has 1 aliphatic heterocycles. The molecule has 9 heteroatoms. The van der Waals surface area contributed by atoms with E-state index in [9.17, 15) is 4.79 Å². The summed E-state index contributed by atoms with van der Waals surface area (Å²) in [4.78, 5) is 29.7. The smallest absolute Gasteiger partial charge is 0.246 e. The van der Waals surface area contributed by atoms with Crippen LogP contribution in [0.15, 0.2) is 90.0 Å². The summed E-state index contributed by atoms with van der Waals surface area (Å²) in [5, 5.41) is 3.74. The summed E-state index contributed by atoms with van der Waals surface area (Å²) in [5.41, 5.74) is 2.12. The zero-order valence-corrected chi connectivity index (χ0v) is 21.1. The van der Waals surface area contributed by atoms with Crippen LogP contribution in [0.4, 0.5) is 0 Å². The van der Waals surface area contributed by atoms with Gasteiger partial charge in [-0.05, 0) is 42.0 Å². The highest BCUT2D eigenvalue weighted by atomic mass is 35.5. The molecule has 0 radical (unpaired) electrons. The molecule has 2 aromatic heterocycles. The van der Waals surface area contributed by atoms with Gasteiger partial charge in [-0.3, -0.25) is 9.79 Å². The number of aromatic nitrogens is 3. The van der Waals surface area contributed by atoms with Crippen LogP contribution in [0, 0.1) is 11.8 Å².